The minimum Gasteiger partial charge on any atom is -0.403 e. The number of aliphatic imine (C=N–C) groups is 1. The van der Waals surface area contributed by atoms with E-state index in [-0.39, 0.29) is 41.3 Å². The van der Waals surface area contributed by atoms with Gasteiger partial charge in [0.2, 0.25) is 11.9 Å². The quantitative estimate of drug-likeness (QED) is 0.484. The van der Waals surface area contributed by atoms with Gasteiger partial charge in [-0.05, 0) is 18.6 Å². The van der Waals surface area contributed by atoms with Crippen molar-refractivity contribution in [2.45, 2.75) is 13.5 Å². The van der Waals surface area contributed by atoms with Crippen molar-refractivity contribution in [3.8, 4) is 0 Å². The van der Waals surface area contributed by atoms with E-state index in [1.54, 1.807) is 6.92 Å². The summed E-state index contributed by atoms with van der Waals surface area (Å²) in [6.45, 7) is 1.31. The number of amides is 1. The molecule has 29 heavy (non-hydrogen) atoms. The normalized spacial score (nSPS) is 11.6. The van der Waals surface area contributed by atoms with Crippen LogP contribution in [0, 0.1) is 18.6 Å². The van der Waals surface area contributed by atoms with Crippen molar-refractivity contribution in [3.05, 3.63) is 58.0 Å². The highest BCUT2D eigenvalue weighted by molar-refractivity contribution is 6.32. The largest absolute Gasteiger partial charge is 0.403 e. The third-order valence-electron chi connectivity index (χ3n) is 3.74. The smallest absolute Gasteiger partial charge is 0.241 e. The van der Waals surface area contributed by atoms with Gasteiger partial charge in [0.15, 0.2) is 5.82 Å². The molecule has 0 radical (unpaired) electrons. The molecule has 0 saturated carbocycles. The Morgan fingerprint density at radius 3 is 2.83 bits per heavy atom. The lowest BCUT2D eigenvalue weighted by Gasteiger charge is -2.12. The number of likely N-dealkylation sites (N-methyl/N-ethyl adjacent to an activating group) is 1. The minimum atomic E-state index is -0.676. The fraction of sp³-hybridized carbons (Fsp3) is 0.222. The predicted octanol–water partition coefficient (Wildman–Crippen LogP) is 2.36. The van der Waals surface area contributed by atoms with Crippen LogP contribution in [0.2, 0.25) is 5.02 Å². The zero-order chi connectivity index (χ0) is 21.4. The number of hydrogen-bond donors (Lipinski definition) is 4. The fourth-order valence-electron chi connectivity index (χ4n) is 2.15. The summed E-state index contributed by atoms with van der Waals surface area (Å²) < 4.78 is 28.1. The number of halogens is 3. The molecule has 0 aliphatic rings. The van der Waals surface area contributed by atoms with Crippen LogP contribution in [-0.4, -0.2) is 35.7 Å². The maximum Gasteiger partial charge on any atom is 0.241 e. The molecule has 2 aromatic rings. The lowest BCUT2D eigenvalue weighted by molar-refractivity contribution is -0.119. The first kappa shape index (κ1) is 22.0. The van der Waals surface area contributed by atoms with Crippen molar-refractivity contribution >= 4 is 35.5 Å². The molecule has 0 aliphatic carbocycles. The zero-order valence-corrected chi connectivity index (χ0v) is 16.5. The molecule has 8 nitrogen and oxygen atoms in total. The van der Waals surface area contributed by atoms with Gasteiger partial charge >= 0.3 is 0 Å². The third kappa shape index (κ3) is 6.11. The first-order chi connectivity index (χ1) is 13.8. The van der Waals surface area contributed by atoms with Gasteiger partial charge in [0.25, 0.3) is 0 Å². The number of rotatable bonds is 8. The van der Waals surface area contributed by atoms with E-state index in [2.05, 4.69) is 30.9 Å². The van der Waals surface area contributed by atoms with E-state index in [1.165, 1.54) is 37.8 Å². The molecule has 0 bridgehead atoms. The second-order valence-electron chi connectivity index (χ2n) is 5.79. The average molecular weight is 424 g/mol. The zero-order valence-electron chi connectivity index (χ0n) is 15.8. The van der Waals surface area contributed by atoms with Crippen molar-refractivity contribution in [2.24, 2.45) is 10.7 Å². The summed E-state index contributed by atoms with van der Waals surface area (Å²) in [4.78, 5) is 23.3. The Morgan fingerprint density at radius 1 is 1.38 bits per heavy atom. The summed E-state index contributed by atoms with van der Waals surface area (Å²) in [5.74, 6) is -1.29. The Labute approximate surface area is 171 Å². The van der Waals surface area contributed by atoms with E-state index in [0.29, 0.717) is 11.3 Å². The van der Waals surface area contributed by atoms with Gasteiger partial charge in [-0.15, -0.1) is 0 Å². The Kier molecular flexibility index (Phi) is 7.84. The van der Waals surface area contributed by atoms with Gasteiger partial charge in [-0.1, -0.05) is 17.7 Å². The standard InChI is InChI=1S/C18H20ClF2N7O/c1-10-3-4-14(20)12(16(10)21)7-25-17-13(19)8-26-18(28-17)27-11(5-22)6-24-9-15(29)23-2/h3-6,8H,7,9,22H2,1-2H3,(H,23,29)(H2,25,26,27,28)/b11-5+,24-6?. The topological polar surface area (TPSA) is 117 Å². The molecule has 1 heterocycles. The molecule has 0 fully saturated rings. The third-order valence-corrected chi connectivity index (χ3v) is 4.01. The highest BCUT2D eigenvalue weighted by Crippen LogP contribution is 2.22. The van der Waals surface area contributed by atoms with Crippen LogP contribution in [0.25, 0.3) is 0 Å². The van der Waals surface area contributed by atoms with Gasteiger partial charge < -0.3 is 21.7 Å². The summed E-state index contributed by atoms with van der Waals surface area (Å²) >= 11 is 6.07. The molecule has 2 rings (SSSR count). The SMILES string of the molecule is CNC(=O)CN=C/C(=C\N)Nc1ncc(Cl)c(NCc2c(F)ccc(C)c2F)n1. The van der Waals surface area contributed by atoms with E-state index >= 15 is 0 Å². The first-order valence-corrected chi connectivity index (χ1v) is 8.82. The summed E-state index contributed by atoms with van der Waals surface area (Å²) in [6.07, 6.45) is 3.88. The fourth-order valence-corrected chi connectivity index (χ4v) is 2.31. The summed E-state index contributed by atoms with van der Waals surface area (Å²) in [5, 5.41) is 8.20. The van der Waals surface area contributed by atoms with Crippen LogP contribution >= 0.6 is 11.6 Å². The molecule has 1 aromatic heterocycles. The number of hydrogen-bond acceptors (Lipinski definition) is 7. The summed E-state index contributed by atoms with van der Waals surface area (Å²) in [5.41, 5.74) is 6.05. The van der Waals surface area contributed by atoms with Gasteiger partial charge in [-0.25, -0.2) is 13.8 Å². The predicted molar refractivity (Wildman–Crippen MR) is 109 cm³/mol. The summed E-state index contributed by atoms with van der Waals surface area (Å²) in [6, 6.07) is 2.56. The van der Waals surface area contributed by atoms with Crippen molar-refractivity contribution in [1.82, 2.24) is 15.3 Å². The summed E-state index contributed by atoms with van der Waals surface area (Å²) in [7, 11) is 1.50. The second-order valence-corrected chi connectivity index (χ2v) is 6.20. The molecular weight excluding hydrogens is 404 g/mol. The highest BCUT2D eigenvalue weighted by atomic mass is 35.5. The van der Waals surface area contributed by atoms with Gasteiger partial charge in [0.05, 0.1) is 11.9 Å². The molecule has 0 spiro atoms. The Balaban J connectivity index is 2.11. The monoisotopic (exact) mass is 423 g/mol. The van der Waals surface area contributed by atoms with Crippen molar-refractivity contribution in [1.29, 1.82) is 0 Å². The molecule has 0 aliphatic heterocycles. The van der Waals surface area contributed by atoms with E-state index < -0.39 is 11.6 Å². The highest BCUT2D eigenvalue weighted by Gasteiger charge is 2.13. The molecule has 5 N–H and O–H groups in total. The number of carbonyl (C=O) groups is 1. The van der Waals surface area contributed by atoms with E-state index in [1.807, 2.05) is 0 Å². The average Bonchev–Trinajstić information content (AvgIpc) is 2.71. The number of anilines is 2. The maximum absolute atomic E-state index is 14.1. The van der Waals surface area contributed by atoms with E-state index in [4.69, 9.17) is 17.3 Å². The van der Waals surface area contributed by atoms with Crippen molar-refractivity contribution < 1.29 is 13.6 Å². The number of nitrogens with two attached hydrogens (primary N) is 1. The number of aromatic nitrogens is 2. The van der Waals surface area contributed by atoms with Crippen LogP contribution in [0.15, 0.2) is 35.2 Å². The molecular formula is C18H20ClF2N7O. The lowest BCUT2D eigenvalue weighted by Crippen LogP contribution is -2.20. The number of aryl methyl sites for hydroxylation is 1. The van der Waals surface area contributed by atoms with E-state index in [0.717, 1.165) is 0 Å². The maximum atomic E-state index is 14.1. The number of nitrogens with one attached hydrogen (secondary N) is 3. The van der Waals surface area contributed by atoms with Crippen LogP contribution < -0.4 is 21.7 Å². The number of carbonyl (C=O) groups excluding carboxylic acids is 1. The van der Waals surface area contributed by atoms with Crippen LogP contribution in [0.1, 0.15) is 11.1 Å². The van der Waals surface area contributed by atoms with Gasteiger partial charge in [-0.3, -0.25) is 9.79 Å². The van der Waals surface area contributed by atoms with E-state index in [9.17, 15) is 13.6 Å². The van der Waals surface area contributed by atoms with Crippen LogP contribution in [0.4, 0.5) is 20.5 Å². The Bertz CT molecular complexity index is 950. The van der Waals surface area contributed by atoms with Crippen molar-refractivity contribution in [2.75, 3.05) is 24.2 Å². The molecule has 0 unspecified atom stereocenters. The lowest BCUT2D eigenvalue weighted by atomic mass is 10.1. The van der Waals surface area contributed by atoms with Crippen molar-refractivity contribution in [3.63, 3.8) is 0 Å². The Morgan fingerprint density at radius 2 is 2.14 bits per heavy atom. The minimum absolute atomic E-state index is 0.0720. The number of benzene rings is 1. The molecule has 11 heteroatoms. The first-order valence-electron chi connectivity index (χ1n) is 8.45. The van der Waals surface area contributed by atoms with Gasteiger partial charge in [0.1, 0.15) is 23.2 Å². The molecule has 0 atom stereocenters. The number of nitrogens with zero attached hydrogens (tertiary/aromatic N) is 3. The number of allylic oxidation sites excluding steroid dienone is 1. The Hall–Kier alpha value is -3.27. The molecule has 1 amide bonds. The van der Waals surface area contributed by atoms with Gasteiger partial charge in [-0.2, -0.15) is 4.98 Å². The van der Waals surface area contributed by atoms with Crippen LogP contribution in [0.3, 0.4) is 0 Å². The van der Waals surface area contributed by atoms with Crippen LogP contribution in [0.5, 0.6) is 0 Å². The molecule has 154 valence electrons. The van der Waals surface area contributed by atoms with Gasteiger partial charge in [0, 0.05) is 31.6 Å². The van der Waals surface area contributed by atoms with Crippen LogP contribution in [-0.2, 0) is 11.3 Å². The second kappa shape index (κ2) is 10.3. The molecule has 0 saturated heterocycles. The molecule has 1 aromatic carbocycles.